The SMILES string of the molecule is CC1CC(C)CC(C(=O)c2ncc(Br)cc2Br)C1. The molecule has 4 heteroatoms. The van der Waals surface area contributed by atoms with Crippen LogP contribution in [-0.4, -0.2) is 10.8 Å². The highest BCUT2D eigenvalue weighted by molar-refractivity contribution is 9.11. The van der Waals surface area contributed by atoms with Crippen molar-refractivity contribution in [3.8, 4) is 0 Å². The van der Waals surface area contributed by atoms with Crippen LogP contribution in [0.4, 0.5) is 0 Å². The van der Waals surface area contributed by atoms with Crippen molar-refractivity contribution in [3.05, 3.63) is 26.9 Å². The van der Waals surface area contributed by atoms with Gasteiger partial charge in [0.25, 0.3) is 0 Å². The first-order valence-corrected chi connectivity index (χ1v) is 7.91. The van der Waals surface area contributed by atoms with Crippen LogP contribution in [0, 0.1) is 17.8 Å². The van der Waals surface area contributed by atoms with Gasteiger partial charge in [0.15, 0.2) is 5.78 Å². The summed E-state index contributed by atoms with van der Waals surface area (Å²) in [4.78, 5) is 16.8. The summed E-state index contributed by atoms with van der Waals surface area (Å²) in [5.41, 5.74) is 0.574. The van der Waals surface area contributed by atoms with E-state index in [-0.39, 0.29) is 11.7 Å². The topological polar surface area (TPSA) is 30.0 Å². The molecule has 1 aliphatic rings. The molecule has 2 atom stereocenters. The molecule has 1 aromatic rings. The van der Waals surface area contributed by atoms with Crippen molar-refractivity contribution >= 4 is 37.6 Å². The first-order valence-electron chi connectivity index (χ1n) is 6.32. The zero-order valence-corrected chi connectivity index (χ0v) is 13.8. The maximum absolute atomic E-state index is 12.5. The Kier molecular flexibility index (Phi) is 4.59. The van der Waals surface area contributed by atoms with Gasteiger partial charge in [-0.2, -0.15) is 0 Å². The van der Waals surface area contributed by atoms with E-state index in [9.17, 15) is 4.79 Å². The van der Waals surface area contributed by atoms with Gasteiger partial charge < -0.3 is 0 Å². The molecule has 0 amide bonds. The third-order valence-corrected chi connectivity index (χ3v) is 4.63. The predicted octanol–water partition coefficient (Wildman–Crippen LogP) is 4.86. The zero-order chi connectivity index (χ0) is 13.3. The number of hydrogen-bond donors (Lipinski definition) is 0. The molecule has 1 fully saturated rings. The van der Waals surface area contributed by atoms with Crippen molar-refractivity contribution in [3.63, 3.8) is 0 Å². The molecule has 2 nitrogen and oxygen atoms in total. The molecule has 0 bridgehead atoms. The Morgan fingerprint density at radius 3 is 2.39 bits per heavy atom. The second kappa shape index (κ2) is 5.83. The minimum atomic E-state index is 0.133. The minimum absolute atomic E-state index is 0.133. The Morgan fingerprint density at radius 2 is 1.83 bits per heavy atom. The van der Waals surface area contributed by atoms with Gasteiger partial charge in [0.1, 0.15) is 5.69 Å². The molecule has 2 rings (SSSR count). The van der Waals surface area contributed by atoms with Gasteiger partial charge in [0.2, 0.25) is 0 Å². The van der Waals surface area contributed by atoms with E-state index in [1.54, 1.807) is 6.20 Å². The van der Waals surface area contributed by atoms with Crippen LogP contribution in [0.2, 0.25) is 0 Å². The second-order valence-corrected chi connectivity index (χ2v) is 7.23. The highest BCUT2D eigenvalue weighted by Gasteiger charge is 2.31. The molecule has 0 aliphatic heterocycles. The maximum Gasteiger partial charge on any atom is 0.185 e. The lowest BCUT2D eigenvalue weighted by molar-refractivity contribution is 0.0830. The van der Waals surface area contributed by atoms with Crippen LogP contribution in [0.1, 0.15) is 43.6 Å². The Hall–Kier alpha value is -0.220. The summed E-state index contributed by atoms with van der Waals surface area (Å²) in [5.74, 6) is 1.59. The molecule has 0 saturated heterocycles. The molecule has 18 heavy (non-hydrogen) atoms. The summed E-state index contributed by atoms with van der Waals surface area (Å²) in [5, 5.41) is 0. The number of aromatic nitrogens is 1. The molecule has 1 saturated carbocycles. The molecule has 2 unspecified atom stereocenters. The number of nitrogens with zero attached hydrogens (tertiary/aromatic N) is 1. The number of carbonyl (C=O) groups excluding carboxylic acids is 1. The number of carbonyl (C=O) groups is 1. The quantitative estimate of drug-likeness (QED) is 0.691. The fraction of sp³-hybridized carbons (Fsp3) is 0.571. The van der Waals surface area contributed by atoms with Crippen molar-refractivity contribution < 1.29 is 4.79 Å². The van der Waals surface area contributed by atoms with E-state index in [2.05, 4.69) is 50.7 Å². The van der Waals surface area contributed by atoms with Crippen LogP contribution >= 0.6 is 31.9 Å². The largest absolute Gasteiger partial charge is 0.292 e. The van der Waals surface area contributed by atoms with Crippen LogP contribution < -0.4 is 0 Å². The third-order valence-electron chi connectivity index (χ3n) is 3.59. The highest BCUT2D eigenvalue weighted by atomic mass is 79.9. The third kappa shape index (κ3) is 3.21. The molecule has 0 radical (unpaired) electrons. The first-order chi connectivity index (χ1) is 8.47. The average Bonchev–Trinajstić information content (AvgIpc) is 2.26. The molecular formula is C14H17Br2NO. The van der Waals surface area contributed by atoms with Gasteiger partial charge in [-0.05, 0) is 69.0 Å². The number of ketones is 1. The van der Waals surface area contributed by atoms with E-state index in [1.807, 2.05) is 6.07 Å². The van der Waals surface area contributed by atoms with E-state index >= 15 is 0 Å². The standard InChI is InChI=1S/C14H17Br2NO/c1-8-3-9(2)5-10(4-8)14(18)13-12(16)6-11(15)7-17-13/h6-10H,3-5H2,1-2H3. The van der Waals surface area contributed by atoms with Crippen LogP contribution in [-0.2, 0) is 0 Å². The molecule has 0 N–H and O–H groups in total. The normalized spacial score (nSPS) is 28.1. The molecular weight excluding hydrogens is 358 g/mol. The van der Waals surface area contributed by atoms with Crippen LogP contribution in [0.3, 0.4) is 0 Å². The Labute approximate surface area is 125 Å². The average molecular weight is 375 g/mol. The van der Waals surface area contributed by atoms with Crippen LogP contribution in [0.5, 0.6) is 0 Å². The van der Waals surface area contributed by atoms with Crippen molar-refractivity contribution in [2.75, 3.05) is 0 Å². The monoisotopic (exact) mass is 373 g/mol. The van der Waals surface area contributed by atoms with E-state index in [1.165, 1.54) is 6.42 Å². The summed E-state index contributed by atoms with van der Waals surface area (Å²) in [6.45, 7) is 4.47. The highest BCUT2D eigenvalue weighted by Crippen LogP contribution is 2.35. The fourth-order valence-electron chi connectivity index (χ4n) is 2.95. The lowest BCUT2D eigenvalue weighted by atomic mass is 9.74. The van der Waals surface area contributed by atoms with Gasteiger partial charge in [-0.15, -0.1) is 0 Å². The van der Waals surface area contributed by atoms with Crippen molar-refractivity contribution in [1.82, 2.24) is 4.98 Å². The van der Waals surface area contributed by atoms with E-state index in [0.29, 0.717) is 17.5 Å². The maximum atomic E-state index is 12.5. The lowest BCUT2D eigenvalue weighted by Crippen LogP contribution is -2.26. The summed E-state index contributed by atoms with van der Waals surface area (Å²) in [7, 11) is 0. The van der Waals surface area contributed by atoms with Crippen molar-refractivity contribution in [2.45, 2.75) is 33.1 Å². The van der Waals surface area contributed by atoms with Gasteiger partial charge in [0, 0.05) is 21.1 Å². The van der Waals surface area contributed by atoms with Gasteiger partial charge in [-0.1, -0.05) is 13.8 Å². The minimum Gasteiger partial charge on any atom is -0.292 e. The Morgan fingerprint density at radius 1 is 1.22 bits per heavy atom. The molecule has 0 aromatic carbocycles. The number of halogens is 2. The molecule has 98 valence electrons. The smallest absolute Gasteiger partial charge is 0.185 e. The number of pyridine rings is 1. The summed E-state index contributed by atoms with van der Waals surface area (Å²) in [6.07, 6.45) is 4.91. The van der Waals surface area contributed by atoms with Crippen LogP contribution in [0.25, 0.3) is 0 Å². The summed E-state index contributed by atoms with van der Waals surface area (Å²) < 4.78 is 1.67. The number of hydrogen-bond acceptors (Lipinski definition) is 2. The first kappa shape index (κ1) is 14.2. The fourth-order valence-corrected chi connectivity index (χ4v) is 4.13. The van der Waals surface area contributed by atoms with Gasteiger partial charge in [-0.3, -0.25) is 9.78 Å². The van der Waals surface area contributed by atoms with E-state index in [0.717, 1.165) is 21.8 Å². The summed E-state index contributed by atoms with van der Waals surface area (Å²) in [6, 6.07) is 1.88. The van der Waals surface area contributed by atoms with E-state index < -0.39 is 0 Å². The van der Waals surface area contributed by atoms with Gasteiger partial charge in [0.05, 0.1) is 0 Å². The van der Waals surface area contributed by atoms with Gasteiger partial charge in [-0.25, -0.2) is 0 Å². The van der Waals surface area contributed by atoms with Gasteiger partial charge >= 0.3 is 0 Å². The second-order valence-electron chi connectivity index (χ2n) is 5.46. The Bertz CT molecular complexity index is 451. The molecule has 1 heterocycles. The number of rotatable bonds is 2. The number of Topliss-reactive ketones (excluding diaryl/α,β-unsaturated/α-hetero) is 1. The Balaban J connectivity index is 2.20. The predicted molar refractivity (Wildman–Crippen MR) is 79.6 cm³/mol. The van der Waals surface area contributed by atoms with Crippen molar-refractivity contribution in [2.24, 2.45) is 17.8 Å². The van der Waals surface area contributed by atoms with E-state index in [4.69, 9.17) is 0 Å². The molecule has 0 spiro atoms. The van der Waals surface area contributed by atoms with Crippen molar-refractivity contribution in [1.29, 1.82) is 0 Å². The summed E-state index contributed by atoms with van der Waals surface area (Å²) >= 11 is 6.79. The van der Waals surface area contributed by atoms with Crippen LogP contribution in [0.15, 0.2) is 21.2 Å². The molecule has 1 aliphatic carbocycles. The molecule has 1 aromatic heterocycles. The lowest BCUT2D eigenvalue weighted by Gasteiger charge is -2.30. The zero-order valence-electron chi connectivity index (χ0n) is 10.6.